The smallest absolute Gasteiger partial charge is 0.338 e. The Kier molecular flexibility index (Phi) is 5.52. The second-order valence-corrected chi connectivity index (χ2v) is 4.45. The van der Waals surface area contributed by atoms with Gasteiger partial charge >= 0.3 is 5.97 Å². The molecule has 0 atom stereocenters. The Labute approximate surface area is 119 Å². The average molecular weight is 326 g/mol. The van der Waals surface area contributed by atoms with Crippen molar-refractivity contribution in [3.05, 3.63) is 38.9 Å². The van der Waals surface area contributed by atoms with Crippen molar-refractivity contribution < 1.29 is 14.5 Å². The lowest BCUT2D eigenvalue weighted by molar-refractivity contribution is -0.384. The molecule has 0 unspecified atom stereocenters. The summed E-state index contributed by atoms with van der Waals surface area (Å²) in [7, 11) is 1.23. The number of non-ortho nitro benzene ring substituents is 1. The Balaban J connectivity index is 3.38. The summed E-state index contributed by atoms with van der Waals surface area (Å²) >= 11 is 3.24. The van der Waals surface area contributed by atoms with Crippen LogP contribution in [0, 0.1) is 28.9 Å². The standard InChI is InChI=1S/C13H12BrNO4/c1-9-10(5-3-4-6-14)7-11(15(17)18)8-12(9)13(16)19-2/h7-8H,4,6H2,1-2H3. The second kappa shape index (κ2) is 6.90. The van der Waals surface area contributed by atoms with Crippen LogP contribution in [0.5, 0.6) is 0 Å². The van der Waals surface area contributed by atoms with Crippen LogP contribution in [0.25, 0.3) is 0 Å². The Bertz CT molecular complexity index is 572. The molecule has 1 aromatic carbocycles. The van der Waals surface area contributed by atoms with E-state index < -0.39 is 10.9 Å². The van der Waals surface area contributed by atoms with Crippen LogP contribution in [-0.4, -0.2) is 23.3 Å². The van der Waals surface area contributed by atoms with Crippen molar-refractivity contribution in [3.63, 3.8) is 0 Å². The van der Waals surface area contributed by atoms with E-state index in [-0.39, 0.29) is 11.3 Å². The molecular weight excluding hydrogens is 314 g/mol. The van der Waals surface area contributed by atoms with E-state index in [1.807, 2.05) is 0 Å². The van der Waals surface area contributed by atoms with Crippen LogP contribution in [0.2, 0.25) is 0 Å². The van der Waals surface area contributed by atoms with E-state index >= 15 is 0 Å². The lowest BCUT2D eigenvalue weighted by Gasteiger charge is -2.06. The fourth-order valence-electron chi connectivity index (χ4n) is 1.46. The summed E-state index contributed by atoms with van der Waals surface area (Å²) in [6.45, 7) is 1.69. The molecule has 0 amide bonds. The van der Waals surface area contributed by atoms with Crippen molar-refractivity contribution >= 4 is 27.6 Å². The normalized spacial score (nSPS) is 9.42. The number of nitro benzene ring substituents is 1. The van der Waals surface area contributed by atoms with Crippen molar-refractivity contribution in [2.45, 2.75) is 13.3 Å². The van der Waals surface area contributed by atoms with Crippen molar-refractivity contribution in [1.29, 1.82) is 0 Å². The first-order chi connectivity index (χ1) is 9.01. The number of halogens is 1. The van der Waals surface area contributed by atoms with Crippen LogP contribution in [0.3, 0.4) is 0 Å². The molecule has 0 radical (unpaired) electrons. The number of esters is 1. The minimum Gasteiger partial charge on any atom is -0.465 e. The monoisotopic (exact) mass is 325 g/mol. The summed E-state index contributed by atoms with van der Waals surface area (Å²) in [5.74, 6) is 5.10. The van der Waals surface area contributed by atoms with Gasteiger partial charge in [-0.25, -0.2) is 4.79 Å². The number of nitrogens with zero attached hydrogens (tertiary/aromatic N) is 1. The number of hydrogen-bond donors (Lipinski definition) is 0. The number of benzene rings is 1. The number of nitro groups is 1. The van der Waals surface area contributed by atoms with E-state index in [1.165, 1.54) is 19.2 Å². The van der Waals surface area contributed by atoms with Gasteiger partial charge < -0.3 is 4.74 Å². The van der Waals surface area contributed by atoms with Gasteiger partial charge in [-0.1, -0.05) is 27.8 Å². The zero-order valence-corrected chi connectivity index (χ0v) is 12.1. The molecule has 0 aliphatic carbocycles. The van der Waals surface area contributed by atoms with Crippen LogP contribution in [-0.2, 0) is 4.74 Å². The summed E-state index contributed by atoms with van der Waals surface area (Å²) in [5.41, 5.74) is 1.05. The Morgan fingerprint density at radius 3 is 2.74 bits per heavy atom. The number of rotatable bonds is 3. The van der Waals surface area contributed by atoms with Gasteiger partial charge in [0.25, 0.3) is 5.69 Å². The third kappa shape index (κ3) is 3.80. The minimum atomic E-state index is -0.607. The highest BCUT2D eigenvalue weighted by atomic mass is 79.9. The van der Waals surface area contributed by atoms with Crippen LogP contribution >= 0.6 is 15.9 Å². The first kappa shape index (κ1) is 15.2. The van der Waals surface area contributed by atoms with Gasteiger partial charge in [-0.15, -0.1) is 0 Å². The van der Waals surface area contributed by atoms with Crippen molar-refractivity contribution in [1.82, 2.24) is 0 Å². The molecule has 6 heteroatoms. The summed E-state index contributed by atoms with van der Waals surface area (Å²) in [5, 5.41) is 11.6. The molecule has 0 heterocycles. The fourth-order valence-corrected chi connectivity index (χ4v) is 1.66. The number of carbonyl (C=O) groups excluding carboxylic acids is 1. The molecule has 0 saturated carbocycles. The first-order valence-corrected chi connectivity index (χ1v) is 6.55. The summed E-state index contributed by atoms with van der Waals surface area (Å²) < 4.78 is 4.62. The van der Waals surface area contributed by atoms with Gasteiger partial charge in [-0.05, 0) is 12.5 Å². The van der Waals surface area contributed by atoms with Gasteiger partial charge in [0.05, 0.1) is 17.6 Å². The van der Waals surface area contributed by atoms with Gasteiger partial charge in [0.2, 0.25) is 0 Å². The van der Waals surface area contributed by atoms with Crippen molar-refractivity contribution in [2.75, 3.05) is 12.4 Å². The highest BCUT2D eigenvalue weighted by Gasteiger charge is 2.18. The maximum atomic E-state index is 11.6. The molecule has 0 N–H and O–H groups in total. The molecule has 1 rings (SSSR count). The topological polar surface area (TPSA) is 69.4 Å². The van der Waals surface area contributed by atoms with E-state index in [2.05, 4.69) is 32.5 Å². The molecule has 1 aromatic rings. The van der Waals surface area contributed by atoms with Crippen LogP contribution in [0.15, 0.2) is 12.1 Å². The van der Waals surface area contributed by atoms with Crippen LogP contribution in [0.4, 0.5) is 5.69 Å². The predicted molar refractivity (Wildman–Crippen MR) is 74.5 cm³/mol. The maximum absolute atomic E-state index is 11.6. The molecule has 5 nitrogen and oxygen atoms in total. The highest BCUT2D eigenvalue weighted by molar-refractivity contribution is 9.09. The second-order valence-electron chi connectivity index (χ2n) is 3.66. The summed E-state index contributed by atoms with van der Waals surface area (Å²) in [6.07, 6.45) is 0.621. The maximum Gasteiger partial charge on any atom is 0.338 e. The quantitative estimate of drug-likeness (QED) is 0.282. The summed E-state index contributed by atoms with van der Waals surface area (Å²) in [4.78, 5) is 21.9. The van der Waals surface area contributed by atoms with Crippen LogP contribution in [0.1, 0.15) is 27.9 Å². The number of hydrogen-bond acceptors (Lipinski definition) is 4. The summed E-state index contributed by atoms with van der Waals surface area (Å²) in [6, 6.07) is 2.57. The number of methoxy groups -OCH3 is 1. The Morgan fingerprint density at radius 2 is 2.21 bits per heavy atom. The SMILES string of the molecule is COC(=O)c1cc([N+](=O)[O-])cc(C#CCCBr)c1C. The third-order valence-corrected chi connectivity index (χ3v) is 2.85. The van der Waals surface area contributed by atoms with Gasteiger partial charge in [0, 0.05) is 29.4 Å². The minimum absolute atomic E-state index is 0.167. The molecule has 0 aliphatic rings. The molecule has 0 bridgehead atoms. The largest absolute Gasteiger partial charge is 0.465 e. The molecule has 0 spiro atoms. The molecule has 0 aromatic heterocycles. The van der Waals surface area contributed by atoms with E-state index in [0.717, 1.165) is 5.33 Å². The third-order valence-electron chi connectivity index (χ3n) is 2.45. The van der Waals surface area contributed by atoms with Gasteiger partial charge in [-0.2, -0.15) is 0 Å². The molecule has 19 heavy (non-hydrogen) atoms. The van der Waals surface area contributed by atoms with Crippen molar-refractivity contribution in [3.8, 4) is 11.8 Å². The van der Waals surface area contributed by atoms with Gasteiger partial charge in [-0.3, -0.25) is 10.1 Å². The Morgan fingerprint density at radius 1 is 1.53 bits per heavy atom. The van der Waals surface area contributed by atoms with Gasteiger partial charge in [0.1, 0.15) is 0 Å². The molecule has 100 valence electrons. The Hall–Kier alpha value is -1.87. The molecule has 0 aliphatic heterocycles. The zero-order chi connectivity index (χ0) is 14.4. The first-order valence-electron chi connectivity index (χ1n) is 5.43. The molecule has 0 saturated heterocycles. The van der Waals surface area contributed by atoms with E-state index in [4.69, 9.17) is 0 Å². The average Bonchev–Trinajstić information content (AvgIpc) is 2.39. The number of alkyl halides is 1. The van der Waals surface area contributed by atoms with E-state index in [0.29, 0.717) is 17.5 Å². The molecular formula is C13H12BrNO4. The fraction of sp³-hybridized carbons (Fsp3) is 0.308. The number of carbonyl (C=O) groups is 1. The van der Waals surface area contributed by atoms with Gasteiger partial charge in [0.15, 0.2) is 0 Å². The molecule has 0 fully saturated rings. The van der Waals surface area contributed by atoms with E-state index in [9.17, 15) is 14.9 Å². The zero-order valence-electron chi connectivity index (χ0n) is 10.5. The highest BCUT2D eigenvalue weighted by Crippen LogP contribution is 2.22. The number of ether oxygens (including phenoxy) is 1. The van der Waals surface area contributed by atoms with Crippen LogP contribution < -0.4 is 0 Å². The predicted octanol–water partition coefficient (Wildman–Crippen LogP) is 2.83. The van der Waals surface area contributed by atoms with E-state index in [1.54, 1.807) is 6.92 Å². The lowest BCUT2D eigenvalue weighted by atomic mass is 10.0. The van der Waals surface area contributed by atoms with Crippen molar-refractivity contribution in [2.24, 2.45) is 0 Å². The lowest BCUT2D eigenvalue weighted by Crippen LogP contribution is -2.06.